The molecule has 0 aliphatic carbocycles. The Morgan fingerprint density at radius 2 is 1.49 bits per heavy atom. The molecule has 7 atom stereocenters. The molecule has 37 heavy (non-hydrogen) atoms. The summed E-state index contributed by atoms with van der Waals surface area (Å²) < 4.78 is 16.2. The lowest BCUT2D eigenvalue weighted by molar-refractivity contribution is -0.295. The molecule has 10 nitrogen and oxygen atoms in total. The third-order valence-corrected chi connectivity index (χ3v) is 6.61. The smallest absolute Gasteiger partial charge is 0.335 e. The second-order valence-electron chi connectivity index (χ2n) is 9.83. The molecule has 0 aromatic rings. The van der Waals surface area contributed by atoms with E-state index in [0.29, 0.717) is 0 Å². The molecule has 1 fully saturated rings. The summed E-state index contributed by atoms with van der Waals surface area (Å²) in [5.41, 5.74) is 0. The number of carboxylic acids is 1. The van der Waals surface area contributed by atoms with E-state index in [4.69, 9.17) is 14.2 Å². The highest BCUT2D eigenvalue weighted by Gasteiger charge is 2.47. The van der Waals surface area contributed by atoms with Crippen LogP contribution in [0.2, 0.25) is 0 Å². The molecule has 0 spiro atoms. The molecule has 0 saturated carbocycles. The molecule has 1 rings (SSSR count). The number of allylic oxidation sites excluding steroid dienone is 1. The molecule has 1 aliphatic rings. The number of ether oxygens (including phenoxy) is 3. The highest BCUT2D eigenvalue weighted by Crippen LogP contribution is 2.23. The van der Waals surface area contributed by atoms with Crippen molar-refractivity contribution in [2.75, 3.05) is 13.7 Å². The summed E-state index contributed by atoms with van der Waals surface area (Å²) in [5, 5.41) is 41.8. The lowest BCUT2D eigenvalue weighted by atomic mass is 9.99. The van der Waals surface area contributed by atoms with E-state index in [1.165, 1.54) is 71.8 Å². The Bertz CT molecular complexity index is 660. The maximum Gasteiger partial charge on any atom is 0.335 e. The van der Waals surface area contributed by atoms with Crippen LogP contribution in [0, 0.1) is 0 Å². The van der Waals surface area contributed by atoms with Crippen molar-refractivity contribution in [3.63, 3.8) is 0 Å². The predicted molar refractivity (Wildman–Crippen MR) is 139 cm³/mol. The summed E-state index contributed by atoms with van der Waals surface area (Å²) in [5.74, 6) is -1.82. The first-order valence-corrected chi connectivity index (χ1v) is 13.7. The molecule has 5 N–H and O–H groups in total. The number of amides is 1. The number of rotatable bonds is 20. The molecular formula is C27H49NO9. The minimum Gasteiger partial charge on any atom is -0.479 e. The average Bonchev–Trinajstić information content (AvgIpc) is 2.86. The number of methoxy groups -OCH3 is 1. The summed E-state index contributed by atoms with van der Waals surface area (Å²) in [6.07, 6.45) is 9.70. The molecule has 216 valence electrons. The lowest BCUT2D eigenvalue weighted by Gasteiger charge is -2.39. The van der Waals surface area contributed by atoms with Gasteiger partial charge in [0.1, 0.15) is 18.3 Å². The van der Waals surface area contributed by atoms with Crippen molar-refractivity contribution in [3.05, 3.63) is 12.2 Å². The summed E-state index contributed by atoms with van der Waals surface area (Å²) in [7, 11) is 1.50. The van der Waals surface area contributed by atoms with Gasteiger partial charge in [-0.1, -0.05) is 83.3 Å². The number of hydrogen-bond donors (Lipinski definition) is 5. The quantitative estimate of drug-likeness (QED) is 0.118. The largest absolute Gasteiger partial charge is 0.479 e. The van der Waals surface area contributed by atoms with Gasteiger partial charge in [-0.2, -0.15) is 0 Å². The molecule has 0 aromatic carbocycles. The zero-order valence-electron chi connectivity index (χ0n) is 22.7. The van der Waals surface area contributed by atoms with E-state index in [2.05, 4.69) is 12.2 Å². The fourth-order valence-electron chi connectivity index (χ4n) is 4.40. The average molecular weight is 532 g/mol. The molecule has 1 aliphatic heterocycles. The van der Waals surface area contributed by atoms with Crippen LogP contribution in [0.4, 0.5) is 0 Å². The van der Waals surface area contributed by atoms with Crippen LogP contribution >= 0.6 is 0 Å². The van der Waals surface area contributed by atoms with Gasteiger partial charge in [0, 0.05) is 14.0 Å². The normalized spacial score (nSPS) is 25.7. The number of carboxylic acid groups (broad SMARTS) is 1. The highest BCUT2D eigenvalue weighted by molar-refractivity contribution is 5.73. The molecule has 6 unspecified atom stereocenters. The zero-order valence-corrected chi connectivity index (χ0v) is 22.7. The van der Waals surface area contributed by atoms with Gasteiger partial charge in [-0.05, 0) is 12.8 Å². The van der Waals surface area contributed by atoms with E-state index in [-0.39, 0.29) is 12.5 Å². The van der Waals surface area contributed by atoms with Crippen LogP contribution in [-0.2, 0) is 23.8 Å². The first kappa shape index (κ1) is 33.5. The fourth-order valence-corrected chi connectivity index (χ4v) is 4.40. The SMILES string of the molecule is CCCCCCCCCCCCC/C=C/[C@H](OC)C(COC1OC(C(=O)O)C(O)C(O)C1O)NC(C)=O. The van der Waals surface area contributed by atoms with Gasteiger partial charge in [-0.3, -0.25) is 4.79 Å². The minimum atomic E-state index is -1.80. The Labute approximate surface area is 221 Å². The van der Waals surface area contributed by atoms with E-state index in [1.807, 2.05) is 12.2 Å². The van der Waals surface area contributed by atoms with Crippen molar-refractivity contribution in [2.24, 2.45) is 0 Å². The monoisotopic (exact) mass is 531 g/mol. The second kappa shape index (κ2) is 19.5. The van der Waals surface area contributed by atoms with Gasteiger partial charge >= 0.3 is 5.97 Å². The summed E-state index contributed by atoms with van der Waals surface area (Å²) in [4.78, 5) is 23.0. The van der Waals surface area contributed by atoms with Crippen LogP contribution in [-0.4, -0.2) is 88.9 Å². The van der Waals surface area contributed by atoms with E-state index in [9.17, 15) is 30.0 Å². The number of aliphatic hydroxyl groups excluding tert-OH is 3. The first-order valence-electron chi connectivity index (χ1n) is 13.7. The number of unbranched alkanes of at least 4 members (excludes halogenated alkanes) is 11. The van der Waals surface area contributed by atoms with Crippen LogP contribution < -0.4 is 5.32 Å². The number of aliphatic carboxylic acids is 1. The van der Waals surface area contributed by atoms with Crippen LogP contribution in [0.15, 0.2) is 12.2 Å². The Morgan fingerprint density at radius 3 is 2.00 bits per heavy atom. The second-order valence-corrected chi connectivity index (χ2v) is 9.83. The fraction of sp³-hybridized carbons (Fsp3) is 0.852. The lowest BCUT2D eigenvalue weighted by Crippen LogP contribution is -2.61. The zero-order chi connectivity index (χ0) is 27.6. The molecule has 0 bridgehead atoms. The number of aliphatic hydroxyl groups is 3. The third kappa shape index (κ3) is 13.2. The summed E-state index contributed by atoms with van der Waals surface area (Å²) >= 11 is 0. The van der Waals surface area contributed by atoms with E-state index in [0.717, 1.165) is 19.3 Å². The number of carbonyl (C=O) groups excluding carboxylic acids is 1. The highest BCUT2D eigenvalue weighted by atomic mass is 16.7. The van der Waals surface area contributed by atoms with Gasteiger partial charge < -0.3 is 40.0 Å². The van der Waals surface area contributed by atoms with Crippen molar-refractivity contribution < 1.29 is 44.2 Å². The minimum absolute atomic E-state index is 0.183. The van der Waals surface area contributed by atoms with Gasteiger partial charge in [0.25, 0.3) is 0 Å². The Balaban J connectivity index is 2.45. The van der Waals surface area contributed by atoms with Crippen molar-refractivity contribution >= 4 is 11.9 Å². The summed E-state index contributed by atoms with van der Waals surface area (Å²) in [6.45, 7) is 3.40. The van der Waals surface area contributed by atoms with E-state index < -0.39 is 48.8 Å². The maximum atomic E-state index is 11.7. The Morgan fingerprint density at radius 1 is 0.919 bits per heavy atom. The molecular weight excluding hydrogens is 482 g/mol. The number of nitrogens with one attached hydrogen (secondary N) is 1. The Hall–Kier alpha value is -1.56. The molecule has 0 aromatic heterocycles. The van der Waals surface area contributed by atoms with Crippen molar-refractivity contribution in [2.45, 2.75) is 134 Å². The Kier molecular flexibility index (Phi) is 17.6. The molecule has 1 amide bonds. The standard InChI is InChI=1S/C27H49NO9/c1-4-5-6-7-8-9-10-11-12-13-14-15-16-17-21(35-3)20(28-19(2)29)18-36-27-24(32)22(30)23(31)25(37-27)26(33)34/h16-17,20-25,27,30-32H,4-15,18H2,1-3H3,(H,28,29)(H,33,34)/b17-16+/t20?,21-,22?,23?,24?,25?,27?/m0/s1. The first-order chi connectivity index (χ1) is 17.7. The van der Waals surface area contributed by atoms with E-state index in [1.54, 1.807) is 0 Å². The van der Waals surface area contributed by atoms with Crippen LogP contribution in [0.5, 0.6) is 0 Å². The molecule has 10 heteroatoms. The number of carbonyl (C=O) groups is 2. The van der Waals surface area contributed by atoms with Crippen molar-refractivity contribution in [3.8, 4) is 0 Å². The summed E-state index contributed by atoms with van der Waals surface area (Å²) in [6, 6.07) is -0.654. The van der Waals surface area contributed by atoms with Gasteiger partial charge in [0.15, 0.2) is 12.4 Å². The number of hydrogen-bond acceptors (Lipinski definition) is 8. The maximum absolute atomic E-state index is 11.7. The van der Waals surface area contributed by atoms with Crippen LogP contribution in [0.3, 0.4) is 0 Å². The van der Waals surface area contributed by atoms with E-state index >= 15 is 0 Å². The molecule has 1 saturated heterocycles. The van der Waals surface area contributed by atoms with Gasteiger partial charge in [-0.25, -0.2) is 4.79 Å². The third-order valence-electron chi connectivity index (χ3n) is 6.61. The predicted octanol–water partition coefficient (Wildman–Crippen LogP) is 2.67. The van der Waals surface area contributed by atoms with Gasteiger partial charge in [-0.15, -0.1) is 0 Å². The molecule has 1 heterocycles. The van der Waals surface area contributed by atoms with Gasteiger partial charge in [0.2, 0.25) is 5.91 Å². The van der Waals surface area contributed by atoms with Crippen LogP contribution in [0.25, 0.3) is 0 Å². The van der Waals surface area contributed by atoms with Crippen LogP contribution in [0.1, 0.15) is 90.9 Å². The van der Waals surface area contributed by atoms with Crippen molar-refractivity contribution in [1.82, 2.24) is 5.32 Å². The van der Waals surface area contributed by atoms with Crippen molar-refractivity contribution in [1.29, 1.82) is 0 Å². The topological polar surface area (TPSA) is 155 Å². The van der Waals surface area contributed by atoms with Gasteiger partial charge in [0.05, 0.1) is 18.8 Å². The molecule has 0 radical (unpaired) electrons.